The van der Waals surface area contributed by atoms with Crippen LogP contribution in [0.4, 0.5) is 0 Å². The van der Waals surface area contributed by atoms with Crippen molar-refractivity contribution < 1.29 is 19.4 Å². The summed E-state index contributed by atoms with van der Waals surface area (Å²) in [7, 11) is 0. The molecule has 2 aromatic rings. The average molecular weight is 368 g/mol. The molecule has 27 heavy (non-hydrogen) atoms. The molecule has 0 saturated carbocycles. The van der Waals surface area contributed by atoms with Crippen LogP contribution in [0.25, 0.3) is 11.1 Å². The van der Waals surface area contributed by atoms with Gasteiger partial charge in [-0.05, 0) is 48.2 Å². The maximum absolute atomic E-state index is 12.3. The summed E-state index contributed by atoms with van der Waals surface area (Å²) in [4.78, 5) is 23.9. The van der Waals surface area contributed by atoms with E-state index >= 15 is 0 Å². The topological polar surface area (TPSA) is 87.7 Å². The van der Waals surface area contributed by atoms with Gasteiger partial charge in [0.1, 0.15) is 11.8 Å². The van der Waals surface area contributed by atoms with Gasteiger partial charge in [0.2, 0.25) is 5.91 Å². The van der Waals surface area contributed by atoms with Gasteiger partial charge in [0.05, 0.1) is 13.2 Å². The minimum atomic E-state index is -0.458. The molecule has 0 bridgehead atoms. The standard InChI is InChI=1S/C21H24N2O4/c1-2-11-27-19-8-7-16(12-17(19)13-24)14-3-5-15(6-4-14)20(25)23-18-9-10-22-21(18)26/h3-8,12,18,24H,2,9-11,13H2,1H3,(H,22,26)(H,23,25). The molecule has 6 nitrogen and oxygen atoms in total. The number of ether oxygens (including phenoxy) is 1. The summed E-state index contributed by atoms with van der Waals surface area (Å²) in [5, 5.41) is 15.0. The highest BCUT2D eigenvalue weighted by molar-refractivity contribution is 5.98. The molecular formula is C21H24N2O4. The third kappa shape index (κ3) is 4.46. The van der Waals surface area contributed by atoms with Crippen molar-refractivity contribution in [3.8, 4) is 16.9 Å². The number of benzene rings is 2. The zero-order valence-corrected chi connectivity index (χ0v) is 15.3. The molecule has 2 amide bonds. The van der Waals surface area contributed by atoms with Crippen molar-refractivity contribution in [2.75, 3.05) is 13.2 Å². The van der Waals surface area contributed by atoms with Gasteiger partial charge in [-0.1, -0.05) is 25.1 Å². The molecule has 1 heterocycles. The van der Waals surface area contributed by atoms with Crippen molar-refractivity contribution in [3.63, 3.8) is 0 Å². The van der Waals surface area contributed by atoms with Gasteiger partial charge in [0.25, 0.3) is 5.91 Å². The number of carbonyl (C=O) groups excluding carboxylic acids is 2. The quantitative estimate of drug-likeness (QED) is 0.699. The van der Waals surface area contributed by atoms with Gasteiger partial charge in [0, 0.05) is 17.7 Å². The largest absolute Gasteiger partial charge is 0.493 e. The maximum Gasteiger partial charge on any atom is 0.251 e. The third-order valence-electron chi connectivity index (χ3n) is 4.53. The Kier molecular flexibility index (Phi) is 6.08. The van der Waals surface area contributed by atoms with E-state index in [1.165, 1.54) is 0 Å². The first kappa shape index (κ1) is 18.9. The molecule has 1 aliphatic rings. The van der Waals surface area contributed by atoms with Crippen LogP contribution in [0, 0.1) is 0 Å². The van der Waals surface area contributed by atoms with Crippen LogP contribution in [-0.2, 0) is 11.4 Å². The molecule has 0 spiro atoms. The lowest BCUT2D eigenvalue weighted by Crippen LogP contribution is -2.40. The molecule has 6 heteroatoms. The fraction of sp³-hybridized carbons (Fsp3) is 0.333. The Morgan fingerprint density at radius 2 is 1.96 bits per heavy atom. The summed E-state index contributed by atoms with van der Waals surface area (Å²) in [5.41, 5.74) is 3.10. The first-order valence-corrected chi connectivity index (χ1v) is 9.18. The smallest absolute Gasteiger partial charge is 0.251 e. The highest BCUT2D eigenvalue weighted by Crippen LogP contribution is 2.27. The molecule has 0 radical (unpaired) electrons. The van der Waals surface area contributed by atoms with Gasteiger partial charge in [-0.2, -0.15) is 0 Å². The van der Waals surface area contributed by atoms with Crippen molar-refractivity contribution in [2.24, 2.45) is 0 Å². The first-order chi connectivity index (χ1) is 13.1. The van der Waals surface area contributed by atoms with Crippen LogP contribution in [0.5, 0.6) is 5.75 Å². The van der Waals surface area contributed by atoms with Gasteiger partial charge in [-0.15, -0.1) is 0 Å². The van der Waals surface area contributed by atoms with Gasteiger partial charge < -0.3 is 20.5 Å². The lowest BCUT2D eigenvalue weighted by Gasteiger charge is -2.12. The van der Waals surface area contributed by atoms with Crippen molar-refractivity contribution in [1.82, 2.24) is 10.6 Å². The second-order valence-corrected chi connectivity index (χ2v) is 6.51. The molecule has 1 unspecified atom stereocenters. The van der Waals surface area contributed by atoms with Crippen molar-refractivity contribution in [2.45, 2.75) is 32.4 Å². The molecule has 1 saturated heterocycles. The maximum atomic E-state index is 12.3. The zero-order valence-electron chi connectivity index (χ0n) is 15.3. The molecule has 142 valence electrons. The number of rotatable bonds is 7. The summed E-state index contributed by atoms with van der Waals surface area (Å²) < 4.78 is 5.65. The normalized spacial score (nSPS) is 16.1. The zero-order chi connectivity index (χ0) is 19.2. The van der Waals surface area contributed by atoms with E-state index in [2.05, 4.69) is 10.6 Å². The van der Waals surface area contributed by atoms with E-state index in [9.17, 15) is 14.7 Å². The van der Waals surface area contributed by atoms with Crippen LogP contribution >= 0.6 is 0 Å². The monoisotopic (exact) mass is 368 g/mol. The van der Waals surface area contributed by atoms with E-state index in [1.54, 1.807) is 12.1 Å². The number of amides is 2. The molecule has 3 rings (SSSR count). The van der Waals surface area contributed by atoms with Crippen molar-refractivity contribution >= 4 is 11.8 Å². The molecule has 3 N–H and O–H groups in total. The highest BCUT2D eigenvalue weighted by Gasteiger charge is 2.25. The Hall–Kier alpha value is -2.86. The van der Waals surface area contributed by atoms with Crippen LogP contribution < -0.4 is 15.4 Å². The summed E-state index contributed by atoms with van der Waals surface area (Å²) in [6.07, 6.45) is 1.51. The Morgan fingerprint density at radius 1 is 1.22 bits per heavy atom. The number of hydrogen-bond donors (Lipinski definition) is 3. The van der Waals surface area contributed by atoms with Crippen molar-refractivity contribution in [3.05, 3.63) is 53.6 Å². The van der Waals surface area contributed by atoms with E-state index in [-0.39, 0.29) is 18.4 Å². The Morgan fingerprint density at radius 3 is 2.59 bits per heavy atom. The average Bonchev–Trinajstić information content (AvgIpc) is 3.10. The molecular weight excluding hydrogens is 344 g/mol. The predicted molar refractivity (Wildman–Crippen MR) is 102 cm³/mol. The number of carbonyl (C=O) groups is 2. The molecule has 2 aromatic carbocycles. The predicted octanol–water partition coefficient (Wildman–Crippen LogP) is 2.25. The minimum Gasteiger partial charge on any atom is -0.493 e. The van der Waals surface area contributed by atoms with E-state index in [0.29, 0.717) is 30.9 Å². The lowest BCUT2D eigenvalue weighted by molar-refractivity contribution is -0.120. The van der Waals surface area contributed by atoms with Crippen LogP contribution in [-0.4, -0.2) is 36.1 Å². The first-order valence-electron chi connectivity index (χ1n) is 9.18. The highest BCUT2D eigenvalue weighted by atomic mass is 16.5. The molecule has 1 atom stereocenters. The lowest BCUT2D eigenvalue weighted by atomic mass is 10.0. The Balaban J connectivity index is 1.72. The molecule has 0 aromatic heterocycles. The third-order valence-corrected chi connectivity index (χ3v) is 4.53. The number of aliphatic hydroxyl groups is 1. The van der Waals surface area contributed by atoms with Gasteiger partial charge in [0.15, 0.2) is 0 Å². The second-order valence-electron chi connectivity index (χ2n) is 6.51. The minimum absolute atomic E-state index is 0.100. The van der Waals surface area contributed by atoms with E-state index in [4.69, 9.17) is 4.74 Å². The summed E-state index contributed by atoms with van der Waals surface area (Å²) in [5.74, 6) is 0.291. The number of aliphatic hydroxyl groups excluding tert-OH is 1. The number of nitrogens with one attached hydrogen (secondary N) is 2. The SMILES string of the molecule is CCCOc1ccc(-c2ccc(C(=O)NC3CCNC3=O)cc2)cc1CO. The number of hydrogen-bond acceptors (Lipinski definition) is 4. The molecule has 1 aliphatic heterocycles. The Bertz CT molecular complexity index is 817. The van der Waals surface area contributed by atoms with Gasteiger partial charge in [-0.25, -0.2) is 0 Å². The Labute approximate surface area is 158 Å². The summed E-state index contributed by atoms with van der Waals surface area (Å²) >= 11 is 0. The fourth-order valence-corrected chi connectivity index (χ4v) is 3.02. The van der Waals surface area contributed by atoms with Crippen LogP contribution in [0.15, 0.2) is 42.5 Å². The van der Waals surface area contributed by atoms with Crippen LogP contribution in [0.2, 0.25) is 0 Å². The van der Waals surface area contributed by atoms with Crippen LogP contribution in [0.3, 0.4) is 0 Å². The van der Waals surface area contributed by atoms with Crippen molar-refractivity contribution in [1.29, 1.82) is 0 Å². The second kappa shape index (κ2) is 8.68. The van der Waals surface area contributed by atoms with Gasteiger partial charge >= 0.3 is 0 Å². The summed E-state index contributed by atoms with van der Waals surface area (Å²) in [6.45, 7) is 3.13. The molecule has 0 aliphatic carbocycles. The van der Waals surface area contributed by atoms with E-state index in [1.807, 2.05) is 37.3 Å². The van der Waals surface area contributed by atoms with Crippen LogP contribution in [0.1, 0.15) is 35.7 Å². The van der Waals surface area contributed by atoms with E-state index in [0.717, 1.165) is 23.1 Å². The fourth-order valence-electron chi connectivity index (χ4n) is 3.02. The summed E-state index contributed by atoms with van der Waals surface area (Å²) in [6, 6.07) is 12.4. The molecule has 1 fully saturated rings. The van der Waals surface area contributed by atoms with E-state index < -0.39 is 6.04 Å². The van der Waals surface area contributed by atoms with Gasteiger partial charge in [-0.3, -0.25) is 9.59 Å².